The summed E-state index contributed by atoms with van der Waals surface area (Å²) in [5.74, 6) is -1.22. The van der Waals surface area contributed by atoms with Crippen molar-refractivity contribution in [2.24, 2.45) is 0 Å². The minimum absolute atomic E-state index is 0.00255. The molecule has 0 bridgehead atoms. The molecule has 96 valence electrons. The van der Waals surface area contributed by atoms with Gasteiger partial charge in [0.25, 0.3) is 0 Å². The summed E-state index contributed by atoms with van der Waals surface area (Å²) >= 11 is 4.81. The minimum Gasteiger partial charge on any atom is -0.332 e. The van der Waals surface area contributed by atoms with Crippen LogP contribution in [0.25, 0.3) is 0 Å². The Kier molecular flexibility index (Phi) is 4.67. The molecule has 0 aliphatic carbocycles. The summed E-state index contributed by atoms with van der Waals surface area (Å²) in [7, 11) is 0. The number of anilines is 1. The summed E-state index contributed by atoms with van der Waals surface area (Å²) in [5.41, 5.74) is -0.436. The Hall–Kier alpha value is -2.09. The fourth-order valence-corrected chi connectivity index (χ4v) is 1.34. The van der Waals surface area contributed by atoms with Crippen LogP contribution in [-0.4, -0.2) is 15.9 Å². The molecule has 0 radical (unpaired) electrons. The van der Waals surface area contributed by atoms with Gasteiger partial charge in [-0.1, -0.05) is 6.92 Å². The highest BCUT2D eigenvalue weighted by molar-refractivity contribution is 7.80. The number of benzene rings is 1. The van der Waals surface area contributed by atoms with Gasteiger partial charge in [-0.3, -0.25) is 14.9 Å². The Morgan fingerprint density at radius 3 is 2.78 bits per heavy atom. The number of nitro benzene ring substituents is 1. The molecule has 0 fully saturated rings. The van der Waals surface area contributed by atoms with Crippen LogP contribution in [0.2, 0.25) is 0 Å². The van der Waals surface area contributed by atoms with E-state index in [-0.39, 0.29) is 23.1 Å². The van der Waals surface area contributed by atoms with Crippen LogP contribution in [0.3, 0.4) is 0 Å². The van der Waals surface area contributed by atoms with Crippen LogP contribution in [0, 0.1) is 15.9 Å². The van der Waals surface area contributed by atoms with Gasteiger partial charge in [0.15, 0.2) is 5.11 Å². The summed E-state index contributed by atoms with van der Waals surface area (Å²) in [4.78, 5) is 20.7. The van der Waals surface area contributed by atoms with Gasteiger partial charge in [0.05, 0.1) is 4.92 Å². The Morgan fingerprint density at radius 2 is 2.22 bits per heavy atom. The zero-order valence-electron chi connectivity index (χ0n) is 9.40. The molecule has 1 aromatic rings. The standard InChI is InChI=1S/C10H10FN3O3S/c1-2-9(15)13-10(18)12-6-3-4-7(11)8(5-6)14(16)17/h3-5H,2H2,1H3,(H2,12,13,15,18). The van der Waals surface area contributed by atoms with E-state index in [1.807, 2.05) is 0 Å². The Morgan fingerprint density at radius 1 is 1.56 bits per heavy atom. The van der Waals surface area contributed by atoms with Crippen LogP contribution >= 0.6 is 12.2 Å². The Balaban J connectivity index is 2.79. The topological polar surface area (TPSA) is 84.3 Å². The van der Waals surface area contributed by atoms with Crippen molar-refractivity contribution in [2.45, 2.75) is 13.3 Å². The van der Waals surface area contributed by atoms with E-state index in [1.54, 1.807) is 6.92 Å². The summed E-state index contributed by atoms with van der Waals surface area (Å²) < 4.78 is 13.1. The van der Waals surface area contributed by atoms with Crippen molar-refractivity contribution in [2.75, 3.05) is 5.32 Å². The number of rotatable bonds is 3. The van der Waals surface area contributed by atoms with Crippen molar-refractivity contribution in [1.29, 1.82) is 0 Å². The number of nitro groups is 1. The Labute approximate surface area is 107 Å². The number of halogens is 1. The van der Waals surface area contributed by atoms with Crippen LogP contribution in [0.4, 0.5) is 15.8 Å². The van der Waals surface area contributed by atoms with Gasteiger partial charge < -0.3 is 10.6 Å². The zero-order chi connectivity index (χ0) is 13.7. The van der Waals surface area contributed by atoms with Crippen LogP contribution in [0.15, 0.2) is 18.2 Å². The molecule has 0 spiro atoms. The van der Waals surface area contributed by atoms with E-state index in [0.717, 1.165) is 12.1 Å². The average Bonchev–Trinajstić information content (AvgIpc) is 2.31. The maximum atomic E-state index is 13.1. The number of carbonyl (C=O) groups excluding carboxylic acids is 1. The van der Waals surface area contributed by atoms with Crippen LogP contribution in [0.5, 0.6) is 0 Å². The maximum Gasteiger partial charge on any atom is 0.306 e. The lowest BCUT2D eigenvalue weighted by molar-refractivity contribution is -0.387. The molecule has 1 amide bonds. The largest absolute Gasteiger partial charge is 0.332 e. The molecular formula is C10H10FN3O3S. The van der Waals surface area contributed by atoms with Crippen molar-refractivity contribution in [3.63, 3.8) is 0 Å². The lowest BCUT2D eigenvalue weighted by atomic mass is 10.2. The Bertz CT molecular complexity index is 507. The third kappa shape index (κ3) is 3.74. The number of carbonyl (C=O) groups is 1. The van der Waals surface area contributed by atoms with Crippen molar-refractivity contribution < 1.29 is 14.1 Å². The molecule has 1 rings (SSSR count). The van der Waals surface area contributed by atoms with Crippen molar-refractivity contribution in [1.82, 2.24) is 5.32 Å². The van der Waals surface area contributed by atoms with Crippen molar-refractivity contribution in [3.05, 3.63) is 34.1 Å². The van der Waals surface area contributed by atoms with E-state index in [0.29, 0.717) is 0 Å². The molecule has 0 unspecified atom stereocenters. The summed E-state index contributed by atoms with van der Waals surface area (Å²) in [6.07, 6.45) is 0.255. The quantitative estimate of drug-likeness (QED) is 0.498. The van der Waals surface area contributed by atoms with Gasteiger partial charge in [-0.2, -0.15) is 4.39 Å². The maximum absolute atomic E-state index is 13.1. The molecule has 2 N–H and O–H groups in total. The smallest absolute Gasteiger partial charge is 0.306 e. The third-order valence-electron chi connectivity index (χ3n) is 1.97. The molecule has 0 atom stereocenters. The predicted octanol–water partition coefficient (Wildman–Crippen LogP) is 1.96. The molecule has 0 aliphatic rings. The monoisotopic (exact) mass is 271 g/mol. The highest BCUT2D eigenvalue weighted by atomic mass is 32.1. The number of nitrogens with zero attached hydrogens (tertiary/aromatic N) is 1. The number of hydrogen-bond acceptors (Lipinski definition) is 4. The molecule has 0 saturated heterocycles. The van der Waals surface area contributed by atoms with E-state index in [9.17, 15) is 19.3 Å². The first-order valence-corrected chi connectivity index (χ1v) is 5.39. The normalized spacial score (nSPS) is 9.67. The second kappa shape index (κ2) is 6.01. The van der Waals surface area contributed by atoms with Gasteiger partial charge in [-0.15, -0.1) is 0 Å². The fraction of sp³-hybridized carbons (Fsp3) is 0.200. The molecular weight excluding hydrogens is 261 g/mol. The highest BCUT2D eigenvalue weighted by Gasteiger charge is 2.14. The first-order chi connectivity index (χ1) is 8.43. The van der Waals surface area contributed by atoms with E-state index >= 15 is 0 Å². The summed E-state index contributed by atoms with van der Waals surface area (Å²) in [5, 5.41) is 15.4. The molecule has 0 aliphatic heterocycles. The van der Waals surface area contributed by atoms with Gasteiger partial charge in [0, 0.05) is 18.2 Å². The van der Waals surface area contributed by atoms with E-state index in [1.165, 1.54) is 6.07 Å². The molecule has 0 aromatic heterocycles. The van der Waals surface area contributed by atoms with E-state index < -0.39 is 16.4 Å². The van der Waals surface area contributed by atoms with E-state index in [4.69, 9.17) is 12.2 Å². The average molecular weight is 271 g/mol. The molecule has 0 saturated carbocycles. The summed E-state index contributed by atoms with van der Waals surface area (Å²) in [6.45, 7) is 1.65. The SMILES string of the molecule is CCC(=O)NC(=S)Nc1ccc(F)c([N+](=O)[O-])c1. The second-order valence-electron chi connectivity index (χ2n) is 3.28. The summed E-state index contributed by atoms with van der Waals surface area (Å²) in [6, 6.07) is 3.23. The van der Waals surface area contributed by atoms with Gasteiger partial charge in [0.1, 0.15) is 0 Å². The molecule has 1 aromatic carbocycles. The number of hydrogen-bond donors (Lipinski definition) is 2. The lowest BCUT2D eigenvalue weighted by Crippen LogP contribution is -2.33. The number of amides is 1. The van der Waals surface area contributed by atoms with Crippen LogP contribution < -0.4 is 10.6 Å². The number of nitrogens with one attached hydrogen (secondary N) is 2. The first-order valence-electron chi connectivity index (χ1n) is 4.98. The first kappa shape index (κ1) is 14.0. The van der Waals surface area contributed by atoms with Crippen molar-refractivity contribution >= 4 is 34.6 Å². The zero-order valence-corrected chi connectivity index (χ0v) is 10.2. The van der Waals surface area contributed by atoms with Gasteiger partial charge in [-0.05, 0) is 24.4 Å². The predicted molar refractivity (Wildman–Crippen MR) is 67.7 cm³/mol. The van der Waals surface area contributed by atoms with Crippen molar-refractivity contribution in [3.8, 4) is 0 Å². The lowest BCUT2D eigenvalue weighted by Gasteiger charge is -2.08. The number of thiocarbonyl (C=S) groups is 1. The third-order valence-corrected chi connectivity index (χ3v) is 2.18. The second-order valence-corrected chi connectivity index (χ2v) is 3.69. The molecule has 8 heteroatoms. The van der Waals surface area contributed by atoms with Crippen LogP contribution in [0.1, 0.15) is 13.3 Å². The molecule has 6 nitrogen and oxygen atoms in total. The van der Waals surface area contributed by atoms with Gasteiger partial charge >= 0.3 is 5.69 Å². The van der Waals surface area contributed by atoms with Crippen LogP contribution in [-0.2, 0) is 4.79 Å². The molecule has 18 heavy (non-hydrogen) atoms. The van der Waals surface area contributed by atoms with E-state index in [2.05, 4.69) is 10.6 Å². The minimum atomic E-state index is -0.936. The van der Waals surface area contributed by atoms with Gasteiger partial charge in [-0.25, -0.2) is 0 Å². The molecule has 0 heterocycles. The fourth-order valence-electron chi connectivity index (χ4n) is 1.11. The highest BCUT2D eigenvalue weighted by Crippen LogP contribution is 2.21. The van der Waals surface area contributed by atoms with Gasteiger partial charge in [0.2, 0.25) is 11.7 Å².